The second kappa shape index (κ2) is 5.38. The molecule has 0 aromatic heterocycles. The second-order valence-electron chi connectivity index (χ2n) is 8.72. The van der Waals surface area contributed by atoms with Crippen LogP contribution in [0.1, 0.15) is 72.1 Å². The van der Waals surface area contributed by atoms with Gasteiger partial charge in [0.25, 0.3) is 0 Å². The second-order valence-corrected chi connectivity index (χ2v) is 8.72. The predicted molar refractivity (Wildman–Crippen MR) is 85.9 cm³/mol. The standard InChI is InChI=1S/C19H32O2/c1-18(2)8-6-13-10-14(4-5-17(13)18)19(3)9-7-16(21)11-15(19)12-20/h14-16,20-21H,4-12H2,1-3H3. The minimum absolute atomic E-state index is 0.195. The van der Waals surface area contributed by atoms with E-state index in [0.717, 1.165) is 19.3 Å². The molecule has 120 valence electrons. The minimum atomic E-state index is -0.195. The van der Waals surface area contributed by atoms with E-state index >= 15 is 0 Å². The van der Waals surface area contributed by atoms with Crippen molar-refractivity contribution in [3.63, 3.8) is 0 Å². The molecule has 0 spiro atoms. The zero-order valence-electron chi connectivity index (χ0n) is 14.0. The fourth-order valence-corrected chi connectivity index (χ4v) is 5.48. The molecule has 4 unspecified atom stereocenters. The molecule has 4 atom stereocenters. The van der Waals surface area contributed by atoms with Crippen LogP contribution in [0.2, 0.25) is 0 Å². The van der Waals surface area contributed by atoms with E-state index in [2.05, 4.69) is 20.8 Å². The highest BCUT2D eigenvalue weighted by molar-refractivity contribution is 5.30. The van der Waals surface area contributed by atoms with Crippen molar-refractivity contribution in [3.8, 4) is 0 Å². The lowest BCUT2D eigenvalue weighted by Crippen LogP contribution is -2.44. The van der Waals surface area contributed by atoms with E-state index in [1.807, 2.05) is 0 Å². The average molecular weight is 292 g/mol. The van der Waals surface area contributed by atoms with Crippen LogP contribution in [0.15, 0.2) is 11.1 Å². The normalized spacial score (nSPS) is 43.0. The zero-order valence-corrected chi connectivity index (χ0v) is 14.0. The summed E-state index contributed by atoms with van der Waals surface area (Å²) in [6.07, 6.45) is 9.01. The van der Waals surface area contributed by atoms with Crippen molar-refractivity contribution in [3.05, 3.63) is 11.1 Å². The van der Waals surface area contributed by atoms with Gasteiger partial charge in [-0.1, -0.05) is 31.9 Å². The quantitative estimate of drug-likeness (QED) is 0.753. The third-order valence-electron chi connectivity index (χ3n) is 7.19. The number of hydrogen-bond donors (Lipinski definition) is 2. The molecule has 0 heterocycles. The average Bonchev–Trinajstić information content (AvgIpc) is 2.77. The maximum Gasteiger partial charge on any atom is 0.0544 e. The van der Waals surface area contributed by atoms with Crippen molar-refractivity contribution < 1.29 is 10.2 Å². The first kappa shape index (κ1) is 15.6. The molecule has 2 nitrogen and oxygen atoms in total. The Bertz CT molecular complexity index is 437. The first-order valence-corrected chi connectivity index (χ1v) is 8.87. The van der Waals surface area contributed by atoms with E-state index < -0.39 is 0 Å². The van der Waals surface area contributed by atoms with Crippen molar-refractivity contribution in [2.45, 2.75) is 78.2 Å². The van der Waals surface area contributed by atoms with Gasteiger partial charge in [0.2, 0.25) is 0 Å². The molecule has 3 rings (SSSR count). The fourth-order valence-electron chi connectivity index (χ4n) is 5.48. The lowest BCUT2D eigenvalue weighted by Gasteiger charge is -2.49. The molecule has 2 heteroatoms. The Hall–Kier alpha value is -0.340. The number of aliphatic hydroxyl groups is 2. The summed E-state index contributed by atoms with van der Waals surface area (Å²) in [5.41, 5.74) is 4.14. The van der Waals surface area contributed by atoms with Crippen molar-refractivity contribution in [1.29, 1.82) is 0 Å². The summed E-state index contributed by atoms with van der Waals surface area (Å²) in [5.74, 6) is 0.984. The predicted octanol–water partition coefficient (Wildman–Crippen LogP) is 4.06. The van der Waals surface area contributed by atoms with Crippen LogP contribution in [0.25, 0.3) is 0 Å². The van der Waals surface area contributed by atoms with Gasteiger partial charge in [0.1, 0.15) is 0 Å². The largest absolute Gasteiger partial charge is 0.396 e. The Morgan fingerprint density at radius 2 is 1.86 bits per heavy atom. The van der Waals surface area contributed by atoms with Crippen LogP contribution < -0.4 is 0 Å². The third kappa shape index (κ3) is 2.59. The fraction of sp³-hybridized carbons (Fsp3) is 0.895. The van der Waals surface area contributed by atoms with Gasteiger partial charge in [-0.25, -0.2) is 0 Å². The van der Waals surface area contributed by atoms with Gasteiger partial charge in [0, 0.05) is 6.61 Å². The number of rotatable bonds is 2. The summed E-state index contributed by atoms with van der Waals surface area (Å²) in [6.45, 7) is 7.44. The molecule has 0 aliphatic heterocycles. The van der Waals surface area contributed by atoms with E-state index in [9.17, 15) is 10.2 Å². The topological polar surface area (TPSA) is 40.5 Å². The summed E-state index contributed by atoms with van der Waals surface area (Å²) in [7, 11) is 0. The van der Waals surface area contributed by atoms with E-state index in [1.165, 1.54) is 32.1 Å². The summed E-state index contributed by atoms with van der Waals surface area (Å²) < 4.78 is 0. The molecule has 2 N–H and O–H groups in total. The van der Waals surface area contributed by atoms with Gasteiger partial charge in [-0.3, -0.25) is 0 Å². The van der Waals surface area contributed by atoms with Gasteiger partial charge in [0.15, 0.2) is 0 Å². The van der Waals surface area contributed by atoms with Crippen LogP contribution in [-0.2, 0) is 0 Å². The van der Waals surface area contributed by atoms with Gasteiger partial charge in [-0.15, -0.1) is 0 Å². The molecule has 0 aromatic rings. The van der Waals surface area contributed by atoms with Gasteiger partial charge in [-0.05, 0) is 74.0 Å². The highest BCUT2D eigenvalue weighted by Crippen LogP contribution is 2.56. The van der Waals surface area contributed by atoms with Gasteiger partial charge >= 0.3 is 0 Å². The van der Waals surface area contributed by atoms with Crippen LogP contribution in [0.4, 0.5) is 0 Å². The molecule has 1 saturated carbocycles. The summed E-state index contributed by atoms with van der Waals surface area (Å²) >= 11 is 0. The molecular weight excluding hydrogens is 260 g/mol. The molecule has 3 aliphatic rings. The lowest BCUT2D eigenvalue weighted by atomic mass is 9.56. The van der Waals surface area contributed by atoms with Crippen LogP contribution in [-0.4, -0.2) is 22.9 Å². The number of aliphatic hydroxyl groups excluding tert-OH is 2. The van der Waals surface area contributed by atoms with Crippen LogP contribution in [0, 0.1) is 22.7 Å². The molecular formula is C19H32O2. The number of allylic oxidation sites excluding steroid dienone is 2. The van der Waals surface area contributed by atoms with Gasteiger partial charge < -0.3 is 10.2 Å². The summed E-state index contributed by atoms with van der Waals surface area (Å²) in [6, 6.07) is 0. The Morgan fingerprint density at radius 3 is 2.57 bits per heavy atom. The van der Waals surface area contributed by atoms with Crippen molar-refractivity contribution >= 4 is 0 Å². The van der Waals surface area contributed by atoms with Gasteiger partial charge in [0.05, 0.1) is 6.10 Å². The van der Waals surface area contributed by atoms with Crippen LogP contribution >= 0.6 is 0 Å². The molecule has 3 aliphatic carbocycles. The highest BCUT2D eigenvalue weighted by atomic mass is 16.3. The zero-order chi connectivity index (χ0) is 15.3. The molecule has 1 fully saturated rings. The van der Waals surface area contributed by atoms with Crippen molar-refractivity contribution in [1.82, 2.24) is 0 Å². The van der Waals surface area contributed by atoms with E-state index in [1.54, 1.807) is 11.1 Å². The summed E-state index contributed by atoms with van der Waals surface area (Å²) in [5, 5.41) is 19.8. The smallest absolute Gasteiger partial charge is 0.0544 e. The molecule has 0 aromatic carbocycles. The Kier molecular flexibility index (Phi) is 3.99. The monoisotopic (exact) mass is 292 g/mol. The first-order valence-electron chi connectivity index (χ1n) is 8.87. The molecule has 0 saturated heterocycles. The van der Waals surface area contributed by atoms with E-state index in [-0.39, 0.29) is 24.0 Å². The molecule has 0 amide bonds. The molecule has 0 bridgehead atoms. The molecule has 0 radical (unpaired) electrons. The van der Waals surface area contributed by atoms with E-state index in [4.69, 9.17) is 0 Å². The van der Waals surface area contributed by atoms with Gasteiger partial charge in [-0.2, -0.15) is 0 Å². The molecule has 21 heavy (non-hydrogen) atoms. The lowest BCUT2D eigenvalue weighted by molar-refractivity contribution is -0.0455. The Labute approximate surface area is 129 Å². The minimum Gasteiger partial charge on any atom is -0.396 e. The van der Waals surface area contributed by atoms with Crippen molar-refractivity contribution in [2.75, 3.05) is 6.61 Å². The summed E-state index contributed by atoms with van der Waals surface area (Å²) in [4.78, 5) is 0. The first-order chi connectivity index (χ1) is 9.87. The maximum absolute atomic E-state index is 9.94. The number of hydrogen-bond acceptors (Lipinski definition) is 2. The highest BCUT2D eigenvalue weighted by Gasteiger charge is 2.47. The SMILES string of the molecule is CC1(C)CCC2=C1CCC(C1(C)CCC(O)CC1CO)C2. The Morgan fingerprint density at radius 1 is 1.10 bits per heavy atom. The van der Waals surface area contributed by atoms with Crippen LogP contribution in [0.5, 0.6) is 0 Å². The van der Waals surface area contributed by atoms with Crippen LogP contribution in [0.3, 0.4) is 0 Å². The van der Waals surface area contributed by atoms with Crippen molar-refractivity contribution in [2.24, 2.45) is 22.7 Å². The maximum atomic E-state index is 9.94. The Balaban J connectivity index is 1.79. The van der Waals surface area contributed by atoms with E-state index in [0.29, 0.717) is 11.3 Å². The third-order valence-corrected chi connectivity index (χ3v) is 7.19.